The predicted molar refractivity (Wildman–Crippen MR) is 31.1 cm³/mol. The monoisotopic (exact) mass is 111 g/mol. The van der Waals surface area contributed by atoms with Crippen molar-refractivity contribution in [3.8, 4) is 0 Å². The molecule has 0 fully saturated rings. The number of carbonyl (C=O) groups is 1. The van der Waals surface area contributed by atoms with E-state index in [4.69, 9.17) is 0 Å². The van der Waals surface area contributed by atoms with E-state index in [2.05, 4.69) is 11.4 Å². The van der Waals surface area contributed by atoms with E-state index in [1.54, 1.807) is 0 Å². The van der Waals surface area contributed by atoms with E-state index in [1.165, 1.54) is 6.42 Å². The van der Waals surface area contributed by atoms with Crippen molar-refractivity contribution >= 4 is 6.41 Å². The lowest BCUT2D eigenvalue weighted by Gasteiger charge is -1.93. The first-order valence-electron chi connectivity index (χ1n) is 2.82. The third kappa shape index (κ3) is 1.09. The molecule has 8 heavy (non-hydrogen) atoms. The van der Waals surface area contributed by atoms with Crippen LogP contribution in [0.3, 0.4) is 0 Å². The fourth-order valence-corrected chi connectivity index (χ4v) is 0.878. The Bertz CT molecular complexity index is 118. The maximum atomic E-state index is 9.81. The fourth-order valence-electron chi connectivity index (χ4n) is 0.878. The molecule has 0 unspecified atom stereocenters. The molecule has 0 aromatic heterocycles. The van der Waals surface area contributed by atoms with Crippen molar-refractivity contribution in [2.24, 2.45) is 0 Å². The summed E-state index contributed by atoms with van der Waals surface area (Å²) in [5, 5.41) is 2.62. The largest absolute Gasteiger partial charge is 0.333 e. The summed E-state index contributed by atoms with van der Waals surface area (Å²) in [4.78, 5) is 9.81. The van der Waals surface area contributed by atoms with Crippen LogP contribution in [-0.2, 0) is 4.79 Å². The number of rotatable bonds is 2. The highest BCUT2D eigenvalue weighted by Gasteiger charge is 2.00. The minimum absolute atomic E-state index is 0.733. The van der Waals surface area contributed by atoms with Crippen LogP contribution >= 0.6 is 0 Å². The van der Waals surface area contributed by atoms with E-state index in [1.807, 2.05) is 0 Å². The normalized spacial score (nSPS) is 17.8. The molecule has 0 heterocycles. The van der Waals surface area contributed by atoms with Crippen LogP contribution in [0.5, 0.6) is 0 Å². The molecule has 1 rings (SSSR count). The van der Waals surface area contributed by atoms with E-state index in [-0.39, 0.29) is 0 Å². The molecule has 0 atom stereocenters. The Morgan fingerprint density at radius 2 is 2.62 bits per heavy atom. The summed E-state index contributed by atoms with van der Waals surface area (Å²) in [5.41, 5.74) is 1.08. The van der Waals surface area contributed by atoms with E-state index in [0.29, 0.717) is 0 Å². The van der Waals surface area contributed by atoms with Crippen LogP contribution in [0.4, 0.5) is 0 Å². The van der Waals surface area contributed by atoms with Crippen LogP contribution in [0.25, 0.3) is 0 Å². The third-order valence-electron chi connectivity index (χ3n) is 1.29. The summed E-state index contributed by atoms with van der Waals surface area (Å²) in [6, 6.07) is 0. The first kappa shape index (κ1) is 5.35. The van der Waals surface area contributed by atoms with Gasteiger partial charge < -0.3 is 5.32 Å². The summed E-state index contributed by atoms with van der Waals surface area (Å²) < 4.78 is 0. The Balaban J connectivity index is 2.33. The van der Waals surface area contributed by atoms with Gasteiger partial charge in [-0.3, -0.25) is 4.79 Å². The van der Waals surface area contributed by atoms with Gasteiger partial charge in [0, 0.05) is 5.70 Å². The maximum Gasteiger partial charge on any atom is 0.211 e. The van der Waals surface area contributed by atoms with Crippen LogP contribution in [0.15, 0.2) is 11.8 Å². The van der Waals surface area contributed by atoms with E-state index < -0.39 is 0 Å². The predicted octanol–water partition coefficient (Wildman–Crippen LogP) is 0.800. The molecule has 0 bridgehead atoms. The quantitative estimate of drug-likeness (QED) is 0.525. The molecule has 0 aliphatic heterocycles. The van der Waals surface area contributed by atoms with Gasteiger partial charge >= 0.3 is 0 Å². The lowest BCUT2D eigenvalue weighted by atomic mass is 10.3. The van der Waals surface area contributed by atoms with Crippen molar-refractivity contribution in [2.75, 3.05) is 0 Å². The van der Waals surface area contributed by atoms with Crippen LogP contribution in [0, 0.1) is 0 Å². The molecular weight excluding hydrogens is 102 g/mol. The molecule has 1 aliphatic carbocycles. The molecular formula is C6H9NO. The average molecular weight is 111 g/mol. The zero-order chi connectivity index (χ0) is 5.82. The van der Waals surface area contributed by atoms with E-state index in [9.17, 15) is 4.79 Å². The molecule has 0 aromatic rings. The first-order valence-corrected chi connectivity index (χ1v) is 2.82. The standard InChI is InChI=1S/C6H9NO/c8-5-7-6-3-1-2-4-6/h3,5H,1-2,4H2,(H,7,8). The Hall–Kier alpha value is -0.790. The number of hydrogen-bond acceptors (Lipinski definition) is 1. The van der Waals surface area contributed by atoms with Gasteiger partial charge in [0.2, 0.25) is 6.41 Å². The molecule has 1 N–H and O–H groups in total. The molecule has 2 nitrogen and oxygen atoms in total. The number of hydrogen-bond donors (Lipinski definition) is 1. The van der Waals surface area contributed by atoms with E-state index >= 15 is 0 Å². The molecule has 1 amide bonds. The van der Waals surface area contributed by atoms with Gasteiger partial charge in [-0.15, -0.1) is 0 Å². The van der Waals surface area contributed by atoms with Crippen molar-refractivity contribution in [1.82, 2.24) is 5.32 Å². The van der Waals surface area contributed by atoms with Crippen LogP contribution in [-0.4, -0.2) is 6.41 Å². The second-order valence-corrected chi connectivity index (χ2v) is 1.88. The number of allylic oxidation sites excluding steroid dienone is 2. The number of nitrogens with one attached hydrogen (secondary N) is 1. The van der Waals surface area contributed by atoms with Crippen molar-refractivity contribution in [3.05, 3.63) is 11.8 Å². The first-order chi connectivity index (χ1) is 3.93. The summed E-state index contributed by atoms with van der Waals surface area (Å²) in [6.07, 6.45) is 6.15. The van der Waals surface area contributed by atoms with Crippen molar-refractivity contribution in [2.45, 2.75) is 19.3 Å². The topological polar surface area (TPSA) is 29.1 Å². The van der Waals surface area contributed by atoms with Crippen molar-refractivity contribution in [3.63, 3.8) is 0 Å². The molecule has 1 aliphatic rings. The Morgan fingerprint density at radius 3 is 3.12 bits per heavy atom. The fraction of sp³-hybridized carbons (Fsp3) is 0.500. The number of amides is 1. The highest BCUT2D eigenvalue weighted by molar-refractivity contribution is 5.50. The van der Waals surface area contributed by atoms with E-state index in [0.717, 1.165) is 24.9 Å². The van der Waals surface area contributed by atoms with Crippen LogP contribution in [0.1, 0.15) is 19.3 Å². The van der Waals surface area contributed by atoms with Gasteiger partial charge in [0.1, 0.15) is 0 Å². The van der Waals surface area contributed by atoms with Gasteiger partial charge in [-0.25, -0.2) is 0 Å². The number of carbonyl (C=O) groups excluding carboxylic acids is 1. The molecule has 0 radical (unpaired) electrons. The van der Waals surface area contributed by atoms with Gasteiger partial charge in [0.05, 0.1) is 0 Å². The average Bonchev–Trinajstić information content (AvgIpc) is 2.19. The van der Waals surface area contributed by atoms with Crippen LogP contribution in [0.2, 0.25) is 0 Å². The minimum atomic E-state index is 0.733. The smallest absolute Gasteiger partial charge is 0.211 e. The van der Waals surface area contributed by atoms with Crippen molar-refractivity contribution < 1.29 is 4.79 Å². The van der Waals surface area contributed by atoms with Gasteiger partial charge in [0.25, 0.3) is 0 Å². The minimum Gasteiger partial charge on any atom is -0.333 e. The van der Waals surface area contributed by atoms with Gasteiger partial charge in [-0.2, -0.15) is 0 Å². The molecule has 0 saturated carbocycles. The van der Waals surface area contributed by atoms with Crippen molar-refractivity contribution in [1.29, 1.82) is 0 Å². The zero-order valence-electron chi connectivity index (χ0n) is 4.68. The molecule has 0 saturated heterocycles. The summed E-state index contributed by atoms with van der Waals surface area (Å²) in [7, 11) is 0. The second-order valence-electron chi connectivity index (χ2n) is 1.88. The maximum absolute atomic E-state index is 9.81. The van der Waals surface area contributed by atoms with Gasteiger partial charge in [0.15, 0.2) is 0 Å². The highest BCUT2D eigenvalue weighted by Crippen LogP contribution is 2.13. The SMILES string of the molecule is O=CNC1=CCCC1. The third-order valence-corrected chi connectivity index (χ3v) is 1.29. The molecule has 2 heteroatoms. The Labute approximate surface area is 48.6 Å². The summed E-state index contributed by atoms with van der Waals surface area (Å²) in [5.74, 6) is 0. The zero-order valence-corrected chi connectivity index (χ0v) is 4.68. The Kier molecular flexibility index (Phi) is 1.67. The summed E-state index contributed by atoms with van der Waals surface area (Å²) >= 11 is 0. The van der Waals surface area contributed by atoms with Gasteiger partial charge in [-0.1, -0.05) is 6.08 Å². The van der Waals surface area contributed by atoms with Gasteiger partial charge in [-0.05, 0) is 19.3 Å². The second kappa shape index (κ2) is 2.50. The Morgan fingerprint density at radius 1 is 1.75 bits per heavy atom. The highest BCUT2D eigenvalue weighted by atomic mass is 16.1. The lowest BCUT2D eigenvalue weighted by molar-refractivity contribution is -0.108. The molecule has 0 spiro atoms. The lowest BCUT2D eigenvalue weighted by Crippen LogP contribution is -2.07. The molecule has 0 aromatic carbocycles. The van der Waals surface area contributed by atoms with Crippen LogP contribution < -0.4 is 5.32 Å². The summed E-state index contributed by atoms with van der Waals surface area (Å²) in [6.45, 7) is 0. The molecule has 44 valence electrons.